The monoisotopic (exact) mass is 272 g/mol. The van der Waals surface area contributed by atoms with Crippen LogP contribution in [0.3, 0.4) is 0 Å². The average Bonchev–Trinajstić information content (AvgIpc) is 2.32. The molecule has 0 fully saturated rings. The Hall–Kier alpha value is -1.30. The minimum absolute atomic E-state index is 0.00361. The number of aromatic carboxylic acids is 1. The molecule has 0 spiro atoms. The SMILES string of the molecule is CCSCCC(C)Nc1nccc(C(=O)O)c1F. The summed E-state index contributed by atoms with van der Waals surface area (Å²) >= 11 is 1.81. The maximum absolute atomic E-state index is 13.8. The molecule has 1 rings (SSSR count). The van der Waals surface area contributed by atoms with Gasteiger partial charge in [0.2, 0.25) is 0 Å². The van der Waals surface area contributed by atoms with Crippen molar-refractivity contribution in [2.24, 2.45) is 0 Å². The first-order valence-electron chi connectivity index (χ1n) is 5.78. The lowest BCUT2D eigenvalue weighted by atomic mass is 10.2. The van der Waals surface area contributed by atoms with E-state index in [1.165, 1.54) is 6.20 Å². The number of nitrogens with zero attached hydrogens (tertiary/aromatic N) is 1. The number of halogens is 1. The Labute approximate surface area is 110 Å². The second kappa shape index (κ2) is 7.20. The highest BCUT2D eigenvalue weighted by molar-refractivity contribution is 7.99. The van der Waals surface area contributed by atoms with Crippen molar-refractivity contribution in [1.29, 1.82) is 0 Å². The molecule has 1 aromatic rings. The summed E-state index contributed by atoms with van der Waals surface area (Å²) in [6, 6.07) is 1.20. The number of carbonyl (C=O) groups is 1. The van der Waals surface area contributed by atoms with Gasteiger partial charge in [-0.1, -0.05) is 6.92 Å². The molecule has 100 valence electrons. The number of carboxylic acid groups (broad SMARTS) is 1. The van der Waals surface area contributed by atoms with Crippen LogP contribution < -0.4 is 5.32 Å². The largest absolute Gasteiger partial charge is 0.478 e. The summed E-state index contributed by atoms with van der Waals surface area (Å²) in [5.74, 6) is -0.0605. The van der Waals surface area contributed by atoms with E-state index in [9.17, 15) is 9.18 Å². The van der Waals surface area contributed by atoms with Gasteiger partial charge in [-0.15, -0.1) is 0 Å². The Kier molecular flexibility index (Phi) is 5.91. The first-order valence-corrected chi connectivity index (χ1v) is 6.93. The number of anilines is 1. The van der Waals surface area contributed by atoms with Crippen molar-refractivity contribution < 1.29 is 14.3 Å². The molecule has 6 heteroatoms. The Morgan fingerprint density at radius 2 is 2.39 bits per heavy atom. The Bertz CT molecular complexity index is 415. The van der Waals surface area contributed by atoms with Crippen LogP contribution in [0.25, 0.3) is 0 Å². The number of hydrogen-bond acceptors (Lipinski definition) is 4. The van der Waals surface area contributed by atoms with Gasteiger partial charge >= 0.3 is 5.97 Å². The molecule has 0 aliphatic carbocycles. The van der Waals surface area contributed by atoms with Gasteiger partial charge in [-0.3, -0.25) is 0 Å². The number of nitrogens with one attached hydrogen (secondary N) is 1. The third-order valence-corrected chi connectivity index (χ3v) is 3.33. The first-order chi connectivity index (χ1) is 8.56. The van der Waals surface area contributed by atoms with Crippen molar-refractivity contribution in [2.45, 2.75) is 26.3 Å². The molecule has 0 aliphatic rings. The summed E-state index contributed by atoms with van der Waals surface area (Å²) in [6.07, 6.45) is 2.17. The molecule has 0 aromatic carbocycles. The molecule has 0 radical (unpaired) electrons. The van der Waals surface area contributed by atoms with E-state index in [0.717, 1.165) is 24.0 Å². The van der Waals surface area contributed by atoms with Gasteiger partial charge in [-0.25, -0.2) is 14.2 Å². The van der Waals surface area contributed by atoms with Crippen LogP contribution in [0.2, 0.25) is 0 Å². The number of aromatic nitrogens is 1. The molecule has 0 amide bonds. The van der Waals surface area contributed by atoms with E-state index < -0.39 is 11.8 Å². The minimum Gasteiger partial charge on any atom is -0.478 e. The number of thioether (sulfide) groups is 1. The molecule has 18 heavy (non-hydrogen) atoms. The van der Waals surface area contributed by atoms with E-state index in [1.807, 2.05) is 18.7 Å². The van der Waals surface area contributed by atoms with Crippen LogP contribution in [0.4, 0.5) is 10.2 Å². The summed E-state index contributed by atoms with van der Waals surface area (Å²) < 4.78 is 13.8. The van der Waals surface area contributed by atoms with E-state index in [4.69, 9.17) is 5.11 Å². The molecular formula is C12H17FN2O2S. The highest BCUT2D eigenvalue weighted by Crippen LogP contribution is 2.17. The first kappa shape index (κ1) is 14.8. The van der Waals surface area contributed by atoms with Crippen LogP contribution in [-0.2, 0) is 0 Å². The maximum Gasteiger partial charge on any atom is 0.338 e. The van der Waals surface area contributed by atoms with E-state index in [2.05, 4.69) is 17.2 Å². The van der Waals surface area contributed by atoms with Gasteiger partial charge in [-0.05, 0) is 30.9 Å². The van der Waals surface area contributed by atoms with E-state index in [1.54, 1.807) is 0 Å². The van der Waals surface area contributed by atoms with Crippen molar-refractivity contribution in [1.82, 2.24) is 4.98 Å². The molecule has 1 unspecified atom stereocenters. The van der Waals surface area contributed by atoms with Gasteiger partial charge in [0.25, 0.3) is 0 Å². The summed E-state index contributed by atoms with van der Waals surface area (Å²) in [7, 11) is 0. The summed E-state index contributed by atoms with van der Waals surface area (Å²) in [5.41, 5.74) is -0.359. The van der Waals surface area contributed by atoms with Crippen molar-refractivity contribution in [3.63, 3.8) is 0 Å². The molecule has 0 bridgehead atoms. The molecule has 1 heterocycles. The maximum atomic E-state index is 13.8. The molecule has 1 atom stereocenters. The summed E-state index contributed by atoms with van der Waals surface area (Å²) in [5, 5.41) is 11.7. The second-order valence-corrected chi connectivity index (χ2v) is 5.25. The normalized spacial score (nSPS) is 12.2. The third-order valence-electron chi connectivity index (χ3n) is 2.40. The highest BCUT2D eigenvalue weighted by Gasteiger charge is 2.16. The number of hydrogen-bond donors (Lipinski definition) is 2. The molecule has 0 saturated heterocycles. The average molecular weight is 272 g/mol. The molecule has 0 aliphatic heterocycles. The molecule has 2 N–H and O–H groups in total. The van der Waals surface area contributed by atoms with Gasteiger partial charge in [0.1, 0.15) is 5.56 Å². The lowest BCUT2D eigenvalue weighted by molar-refractivity contribution is 0.0692. The number of pyridine rings is 1. The van der Waals surface area contributed by atoms with E-state index in [0.29, 0.717) is 0 Å². The quantitative estimate of drug-likeness (QED) is 0.747. The summed E-state index contributed by atoms with van der Waals surface area (Å²) in [6.45, 7) is 4.01. The Morgan fingerprint density at radius 3 is 3.00 bits per heavy atom. The predicted octanol–water partition coefficient (Wildman–Crippen LogP) is 2.86. The van der Waals surface area contributed by atoms with E-state index in [-0.39, 0.29) is 17.4 Å². The standard InChI is InChI=1S/C12H17FN2O2S/c1-3-18-7-5-8(2)15-11-10(13)9(12(16)17)4-6-14-11/h4,6,8H,3,5,7H2,1-2H3,(H,14,15)(H,16,17). The highest BCUT2D eigenvalue weighted by atomic mass is 32.2. The van der Waals surface area contributed by atoms with Crippen molar-refractivity contribution in [3.05, 3.63) is 23.6 Å². The lowest BCUT2D eigenvalue weighted by Gasteiger charge is -2.15. The van der Waals surface area contributed by atoms with Crippen molar-refractivity contribution >= 4 is 23.5 Å². The number of carboxylic acids is 1. The van der Waals surface area contributed by atoms with Crippen LogP contribution >= 0.6 is 11.8 Å². The van der Waals surface area contributed by atoms with Crippen LogP contribution in [-0.4, -0.2) is 33.6 Å². The third kappa shape index (κ3) is 4.18. The lowest BCUT2D eigenvalue weighted by Crippen LogP contribution is -2.19. The van der Waals surface area contributed by atoms with Crippen LogP contribution in [0.15, 0.2) is 12.3 Å². The Balaban J connectivity index is 2.67. The predicted molar refractivity (Wildman–Crippen MR) is 71.9 cm³/mol. The molecular weight excluding hydrogens is 255 g/mol. The topological polar surface area (TPSA) is 62.2 Å². The second-order valence-electron chi connectivity index (χ2n) is 3.86. The fourth-order valence-electron chi connectivity index (χ4n) is 1.42. The van der Waals surface area contributed by atoms with Gasteiger partial charge in [0.05, 0.1) is 0 Å². The molecule has 0 saturated carbocycles. The van der Waals surface area contributed by atoms with Crippen LogP contribution in [0.5, 0.6) is 0 Å². The zero-order chi connectivity index (χ0) is 13.5. The van der Waals surface area contributed by atoms with Crippen molar-refractivity contribution in [3.8, 4) is 0 Å². The molecule has 1 aromatic heterocycles. The smallest absolute Gasteiger partial charge is 0.338 e. The fraction of sp³-hybridized carbons (Fsp3) is 0.500. The molecule has 4 nitrogen and oxygen atoms in total. The van der Waals surface area contributed by atoms with Crippen LogP contribution in [0.1, 0.15) is 30.6 Å². The zero-order valence-electron chi connectivity index (χ0n) is 10.4. The Morgan fingerprint density at radius 1 is 1.67 bits per heavy atom. The van der Waals surface area contributed by atoms with Crippen molar-refractivity contribution in [2.75, 3.05) is 16.8 Å². The van der Waals surface area contributed by atoms with Gasteiger partial charge < -0.3 is 10.4 Å². The summed E-state index contributed by atoms with van der Waals surface area (Å²) in [4.78, 5) is 14.6. The van der Waals surface area contributed by atoms with Gasteiger partial charge in [0, 0.05) is 12.2 Å². The number of rotatable bonds is 7. The minimum atomic E-state index is -1.29. The van der Waals surface area contributed by atoms with Gasteiger partial charge in [0.15, 0.2) is 11.6 Å². The zero-order valence-corrected chi connectivity index (χ0v) is 11.3. The van der Waals surface area contributed by atoms with Crippen LogP contribution in [0, 0.1) is 5.82 Å². The van der Waals surface area contributed by atoms with Gasteiger partial charge in [-0.2, -0.15) is 11.8 Å². The van der Waals surface area contributed by atoms with E-state index >= 15 is 0 Å². The fourth-order valence-corrected chi connectivity index (χ4v) is 2.23.